The average Bonchev–Trinajstić information content (AvgIpc) is 2.47. The molecule has 2 heterocycles. The maximum absolute atomic E-state index is 9.85. The molecule has 1 fully saturated rings. The molecule has 0 saturated carbocycles. The Kier molecular flexibility index (Phi) is 3.17. The van der Waals surface area contributed by atoms with Crippen LogP contribution in [0.5, 0.6) is 5.75 Å². The summed E-state index contributed by atoms with van der Waals surface area (Å²) in [5.74, 6) is 0.870. The Morgan fingerprint density at radius 2 is 1.95 bits per heavy atom. The Labute approximate surface area is 114 Å². The van der Waals surface area contributed by atoms with Gasteiger partial charge in [-0.2, -0.15) is 5.26 Å². The fourth-order valence-electron chi connectivity index (χ4n) is 3.08. The number of rotatable bonds is 1. The van der Waals surface area contributed by atoms with Gasteiger partial charge in [-0.15, -0.1) is 0 Å². The Morgan fingerprint density at radius 1 is 1.21 bits per heavy atom. The molecule has 1 saturated heterocycles. The van der Waals surface area contributed by atoms with E-state index in [2.05, 4.69) is 22.9 Å². The van der Waals surface area contributed by atoms with Crippen molar-refractivity contribution in [3.63, 3.8) is 0 Å². The number of hydrogen-bond acceptors (Lipinski definition) is 4. The third kappa shape index (κ3) is 1.99. The summed E-state index contributed by atoms with van der Waals surface area (Å²) in [7, 11) is 2.13. The Balaban J connectivity index is 1.99. The second kappa shape index (κ2) is 4.84. The van der Waals surface area contributed by atoms with Crippen LogP contribution in [0, 0.1) is 11.3 Å². The zero-order chi connectivity index (χ0) is 13.3. The van der Waals surface area contributed by atoms with E-state index in [1.165, 1.54) is 0 Å². The number of fused-ring (bicyclic) bond motifs is 1. The molecule has 0 aliphatic carbocycles. The molecule has 1 aromatic carbocycles. The summed E-state index contributed by atoms with van der Waals surface area (Å²) in [4.78, 5) is 4.64. The molecule has 0 N–H and O–H groups in total. The molecule has 1 aromatic rings. The highest BCUT2D eigenvalue weighted by Crippen LogP contribution is 2.41. The highest BCUT2D eigenvalue weighted by molar-refractivity contribution is 5.45. The van der Waals surface area contributed by atoms with Crippen LogP contribution in [0.15, 0.2) is 24.3 Å². The number of nitriles is 1. The minimum absolute atomic E-state index is 0.504. The van der Waals surface area contributed by atoms with Crippen molar-refractivity contribution in [2.24, 2.45) is 0 Å². The van der Waals surface area contributed by atoms with Gasteiger partial charge in [-0.1, -0.05) is 18.2 Å². The van der Waals surface area contributed by atoms with E-state index in [0.717, 1.165) is 43.9 Å². The summed E-state index contributed by atoms with van der Waals surface area (Å²) in [6, 6.07) is 10.6. The largest absolute Gasteiger partial charge is 0.493 e. The molecule has 0 aromatic heterocycles. The van der Waals surface area contributed by atoms with E-state index in [0.29, 0.717) is 6.61 Å². The fourth-order valence-corrected chi connectivity index (χ4v) is 3.08. The van der Waals surface area contributed by atoms with E-state index < -0.39 is 5.54 Å². The summed E-state index contributed by atoms with van der Waals surface area (Å²) >= 11 is 0. The molecule has 0 bridgehead atoms. The lowest BCUT2D eigenvalue weighted by molar-refractivity contribution is 0.0441. The van der Waals surface area contributed by atoms with Gasteiger partial charge in [0.05, 0.1) is 12.7 Å². The summed E-state index contributed by atoms with van der Waals surface area (Å²) in [6.07, 6.45) is 0.754. The predicted octanol–water partition coefficient (Wildman–Crippen LogP) is 1.44. The number of nitrogens with zero attached hydrogens (tertiary/aromatic N) is 3. The summed E-state index contributed by atoms with van der Waals surface area (Å²) in [5, 5.41) is 9.85. The van der Waals surface area contributed by atoms with Gasteiger partial charge in [0.2, 0.25) is 0 Å². The number of benzene rings is 1. The first-order valence-electron chi connectivity index (χ1n) is 6.83. The van der Waals surface area contributed by atoms with Crippen LogP contribution < -0.4 is 4.74 Å². The minimum atomic E-state index is -0.504. The maximum Gasteiger partial charge on any atom is 0.141 e. The Hall–Kier alpha value is -1.57. The van der Waals surface area contributed by atoms with Crippen molar-refractivity contribution in [3.8, 4) is 11.8 Å². The summed E-state index contributed by atoms with van der Waals surface area (Å²) < 4.78 is 5.70. The number of para-hydroxylation sites is 1. The number of ether oxygens (including phenoxy) is 1. The minimum Gasteiger partial charge on any atom is -0.493 e. The molecule has 2 aliphatic heterocycles. The van der Waals surface area contributed by atoms with Gasteiger partial charge in [0.15, 0.2) is 0 Å². The van der Waals surface area contributed by atoms with Crippen LogP contribution in [0.2, 0.25) is 0 Å². The van der Waals surface area contributed by atoms with Gasteiger partial charge in [-0.05, 0) is 13.1 Å². The Bertz CT molecular complexity index is 502. The van der Waals surface area contributed by atoms with E-state index in [4.69, 9.17) is 4.74 Å². The van der Waals surface area contributed by atoms with Crippen LogP contribution in [0.3, 0.4) is 0 Å². The normalized spacial score (nSPS) is 28.2. The second-order valence-corrected chi connectivity index (χ2v) is 5.36. The van der Waals surface area contributed by atoms with Crippen molar-refractivity contribution in [3.05, 3.63) is 29.8 Å². The molecule has 0 amide bonds. The quantitative estimate of drug-likeness (QED) is 0.763. The van der Waals surface area contributed by atoms with Crippen molar-refractivity contribution < 1.29 is 4.74 Å². The zero-order valence-corrected chi connectivity index (χ0v) is 11.3. The van der Waals surface area contributed by atoms with Gasteiger partial charge in [0.1, 0.15) is 11.3 Å². The third-order valence-corrected chi connectivity index (χ3v) is 4.28. The van der Waals surface area contributed by atoms with Gasteiger partial charge in [-0.25, -0.2) is 0 Å². The van der Waals surface area contributed by atoms with Crippen LogP contribution in [0.4, 0.5) is 0 Å². The predicted molar refractivity (Wildman–Crippen MR) is 72.9 cm³/mol. The zero-order valence-electron chi connectivity index (χ0n) is 11.3. The van der Waals surface area contributed by atoms with Crippen LogP contribution in [-0.4, -0.2) is 49.6 Å². The smallest absolute Gasteiger partial charge is 0.141 e. The van der Waals surface area contributed by atoms with Crippen molar-refractivity contribution in [1.82, 2.24) is 9.80 Å². The van der Waals surface area contributed by atoms with Crippen LogP contribution in [0.1, 0.15) is 12.0 Å². The van der Waals surface area contributed by atoms with Crippen molar-refractivity contribution in [2.75, 3.05) is 39.8 Å². The molecule has 2 aliphatic rings. The fraction of sp³-hybridized carbons (Fsp3) is 0.533. The van der Waals surface area contributed by atoms with E-state index in [1.807, 2.05) is 24.3 Å². The first-order chi connectivity index (χ1) is 9.26. The Morgan fingerprint density at radius 3 is 2.68 bits per heavy atom. The third-order valence-electron chi connectivity index (χ3n) is 4.28. The van der Waals surface area contributed by atoms with Crippen LogP contribution in [-0.2, 0) is 5.54 Å². The van der Waals surface area contributed by atoms with Crippen molar-refractivity contribution in [1.29, 1.82) is 5.26 Å². The van der Waals surface area contributed by atoms with Gasteiger partial charge in [0.25, 0.3) is 0 Å². The highest BCUT2D eigenvalue weighted by Gasteiger charge is 2.43. The summed E-state index contributed by atoms with van der Waals surface area (Å²) in [5.41, 5.74) is 0.532. The molecule has 19 heavy (non-hydrogen) atoms. The van der Waals surface area contributed by atoms with E-state index >= 15 is 0 Å². The molecule has 1 unspecified atom stereocenters. The molecule has 100 valence electrons. The van der Waals surface area contributed by atoms with Gasteiger partial charge in [-0.3, -0.25) is 4.90 Å². The van der Waals surface area contributed by atoms with E-state index in [-0.39, 0.29) is 0 Å². The van der Waals surface area contributed by atoms with E-state index in [1.54, 1.807) is 0 Å². The average molecular weight is 257 g/mol. The summed E-state index contributed by atoms with van der Waals surface area (Å²) in [6.45, 7) is 4.55. The van der Waals surface area contributed by atoms with Crippen molar-refractivity contribution in [2.45, 2.75) is 12.0 Å². The second-order valence-electron chi connectivity index (χ2n) is 5.36. The van der Waals surface area contributed by atoms with Gasteiger partial charge < -0.3 is 9.64 Å². The lowest BCUT2D eigenvalue weighted by Gasteiger charge is -2.45. The molecule has 4 heteroatoms. The topological polar surface area (TPSA) is 39.5 Å². The van der Waals surface area contributed by atoms with Crippen LogP contribution >= 0.6 is 0 Å². The number of piperazine rings is 1. The van der Waals surface area contributed by atoms with Gasteiger partial charge in [0, 0.05) is 38.2 Å². The first-order valence-corrected chi connectivity index (χ1v) is 6.83. The highest BCUT2D eigenvalue weighted by atomic mass is 16.5. The molecule has 0 spiro atoms. The molecular formula is C15H19N3O. The number of likely N-dealkylation sites (N-methyl/N-ethyl adjacent to an activating group) is 1. The number of hydrogen-bond donors (Lipinski definition) is 0. The molecule has 4 nitrogen and oxygen atoms in total. The lowest BCUT2D eigenvalue weighted by atomic mass is 9.83. The SMILES string of the molecule is CN1CCN(C2(C#N)CCOc3ccccc32)CC1. The first kappa shape index (κ1) is 12.5. The van der Waals surface area contributed by atoms with Crippen molar-refractivity contribution >= 4 is 0 Å². The molecule has 0 radical (unpaired) electrons. The maximum atomic E-state index is 9.85. The van der Waals surface area contributed by atoms with E-state index in [9.17, 15) is 5.26 Å². The standard InChI is InChI=1S/C15H19N3O/c1-17-7-9-18(10-8-17)15(12-16)6-11-19-14-5-3-2-4-13(14)15/h2-5H,6-11H2,1H3. The van der Waals surface area contributed by atoms with Gasteiger partial charge >= 0.3 is 0 Å². The molecule has 1 atom stereocenters. The molecule has 3 rings (SSSR count). The lowest BCUT2D eigenvalue weighted by Crippen LogP contribution is -2.55. The van der Waals surface area contributed by atoms with Crippen LogP contribution in [0.25, 0.3) is 0 Å². The monoisotopic (exact) mass is 257 g/mol. The molecular weight excluding hydrogens is 238 g/mol.